The monoisotopic (exact) mass is 241 g/mol. The average Bonchev–Trinajstić information content (AvgIpc) is 2.16. The molecule has 1 unspecified atom stereocenters. The van der Waals surface area contributed by atoms with Gasteiger partial charge in [-0.1, -0.05) is 12.1 Å². The smallest absolute Gasteiger partial charge is 0.0715 e. The number of hydrogen-bond donors (Lipinski definition) is 2. The maximum atomic E-state index is 11.2. The predicted molar refractivity (Wildman–Crippen MR) is 66.8 cm³/mol. The summed E-state index contributed by atoms with van der Waals surface area (Å²) in [5, 5.41) is 12.7. The summed E-state index contributed by atoms with van der Waals surface area (Å²) >= 11 is 0. The van der Waals surface area contributed by atoms with Crippen LogP contribution in [-0.4, -0.2) is 27.7 Å². The van der Waals surface area contributed by atoms with E-state index in [1.165, 1.54) is 0 Å². The highest BCUT2D eigenvalue weighted by atomic mass is 32.2. The van der Waals surface area contributed by atoms with Gasteiger partial charge in [0.2, 0.25) is 0 Å². The Labute approximate surface area is 99.3 Å². The summed E-state index contributed by atoms with van der Waals surface area (Å²) in [5.41, 5.74) is 0.434. The topological polar surface area (TPSA) is 49.3 Å². The van der Waals surface area contributed by atoms with E-state index in [1.807, 2.05) is 24.3 Å². The Morgan fingerprint density at radius 3 is 2.31 bits per heavy atom. The summed E-state index contributed by atoms with van der Waals surface area (Å²) in [5.74, 6) is 0. The first-order chi connectivity index (χ1) is 7.38. The van der Waals surface area contributed by atoms with Crippen LogP contribution in [-0.2, 0) is 17.3 Å². The number of benzene rings is 1. The quantitative estimate of drug-likeness (QED) is 0.816. The molecule has 16 heavy (non-hydrogen) atoms. The van der Waals surface area contributed by atoms with Gasteiger partial charge in [-0.3, -0.25) is 4.21 Å². The van der Waals surface area contributed by atoms with Gasteiger partial charge < -0.3 is 10.4 Å². The second kappa shape index (κ2) is 5.57. The van der Waals surface area contributed by atoms with Crippen molar-refractivity contribution < 1.29 is 9.32 Å². The molecule has 0 radical (unpaired) electrons. The third kappa shape index (κ3) is 4.88. The van der Waals surface area contributed by atoms with Gasteiger partial charge in [-0.2, -0.15) is 0 Å². The van der Waals surface area contributed by atoms with Gasteiger partial charge in [0.15, 0.2) is 0 Å². The van der Waals surface area contributed by atoms with Crippen molar-refractivity contribution in [1.29, 1.82) is 0 Å². The second-order valence-corrected chi connectivity index (χ2v) is 5.89. The van der Waals surface area contributed by atoms with Crippen molar-refractivity contribution in [1.82, 2.24) is 5.32 Å². The van der Waals surface area contributed by atoms with Crippen molar-refractivity contribution in [3.8, 4) is 0 Å². The van der Waals surface area contributed by atoms with E-state index >= 15 is 0 Å². The van der Waals surface area contributed by atoms with Gasteiger partial charge in [0.05, 0.1) is 5.60 Å². The van der Waals surface area contributed by atoms with Gasteiger partial charge in [0.1, 0.15) is 0 Å². The molecule has 3 nitrogen and oxygen atoms in total. The Balaban J connectivity index is 2.47. The van der Waals surface area contributed by atoms with Crippen LogP contribution in [0.15, 0.2) is 29.2 Å². The van der Waals surface area contributed by atoms with Crippen molar-refractivity contribution in [2.75, 3.05) is 12.8 Å². The summed E-state index contributed by atoms with van der Waals surface area (Å²) in [4.78, 5) is 0.839. The molecule has 2 N–H and O–H groups in total. The summed E-state index contributed by atoms with van der Waals surface area (Å²) in [6.07, 6.45) is 1.67. The molecule has 0 aliphatic carbocycles. The molecular weight excluding hydrogens is 222 g/mol. The minimum Gasteiger partial charge on any atom is -0.389 e. The molecule has 0 saturated carbocycles. The minimum absolute atomic E-state index is 0.550. The van der Waals surface area contributed by atoms with Crippen LogP contribution in [0.5, 0.6) is 0 Å². The molecule has 0 spiro atoms. The number of rotatable bonds is 5. The highest BCUT2D eigenvalue weighted by Gasteiger charge is 2.10. The molecule has 0 fully saturated rings. The largest absolute Gasteiger partial charge is 0.389 e. The van der Waals surface area contributed by atoms with E-state index in [-0.39, 0.29) is 0 Å². The fourth-order valence-electron chi connectivity index (χ4n) is 1.31. The van der Waals surface area contributed by atoms with Gasteiger partial charge in [-0.25, -0.2) is 0 Å². The molecule has 0 aliphatic rings. The minimum atomic E-state index is -0.917. The summed E-state index contributed by atoms with van der Waals surface area (Å²) < 4.78 is 11.2. The lowest BCUT2D eigenvalue weighted by Gasteiger charge is -2.17. The van der Waals surface area contributed by atoms with Crippen LogP contribution in [0.2, 0.25) is 0 Å². The van der Waals surface area contributed by atoms with E-state index in [9.17, 15) is 9.32 Å². The number of hydrogen-bond acceptors (Lipinski definition) is 3. The molecule has 1 rings (SSSR count). The molecule has 0 amide bonds. The van der Waals surface area contributed by atoms with Crippen molar-refractivity contribution >= 4 is 10.8 Å². The fourth-order valence-corrected chi connectivity index (χ4v) is 1.83. The molecule has 0 aliphatic heterocycles. The number of nitrogens with one attached hydrogen (secondary N) is 1. The zero-order valence-corrected chi connectivity index (χ0v) is 10.8. The first-order valence-corrected chi connectivity index (χ1v) is 6.80. The van der Waals surface area contributed by atoms with Gasteiger partial charge in [0.25, 0.3) is 0 Å². The summed E-state index contributed by atoms with van der Waals surface area (Å²) in [7, 11) is -0.917. The lowest BCUT2D eigenvalue weighted by atomic mass is 10.1. The summed E-state index contributed by atoms with van der Waals surface area (Å²) in [6, 6.07) is 7.65. The van der Waals surface area contributed by atoms with Crippen molar-refractivity contribution in [3.63, 3.8) is 0 Å². The van der Waals surface area contributed by atoms with Gasteiger partial charge in [-0.15, -0.1) is 0 Å². The second-order valence-electron chi connectivity index (χ2n) is 4.51. The molecular formula is C12H19NO2S. The van der Waals surface area contributed by atoms with E-state index < -0.39 is 16.4 Å². The lowest BCUT2D eigenvalue weighted by molar-refractivity contribution is 0.0795. The average molecular weight is 241 g/mol. The molecule has 1 aromatic carbocycles. The SMILES string of the molecule is CS(=O)c1ccc(CNCC(C)(C)O)cc1. The Morgan fingerprint density at radius 2 is 1.88 bits per heavy atom. The molecule has 1 atom stereocenters. The van der Waals surface area contributed by atoms with Gasteiger partial charge >= 0.3 is 0 Å². The van der Waals surface area contributed by atoms with Crippen molar-refractivity contribution in [2.24, 2.45) is 0 Å². The Kier molecular flexibility index (Phi) is 4.65. The van der Waals surface area contributed by atoms with Crippen LogP contribution >= 0.6 is 0 Å². The normalized spacial score (nSPS) is 13.8. The maximum absolute atomic E-state index is 11.2. The molecule has 0 aromatic heterocycles. The van der Waals surface area contributed by atoms with E-state index in [0.29, 0.717) is 13.1 Å². The van der Waals surface area contributed by atoms with Gasteiger partial charge in [-0.05, 0) is 31.5 Å². The molecule has 1 aromatic rings. The first-order valence-electron chi connectivity index (χ1n) is 5.24. The fraction of sp³-hybridized carbons (Fsp3) is 0.500. The van der Waals surface area contributed by atoms with E-state index in [4.69, 9.17) is 0 Å². The number of aliphatic hydroxyl groups is 1. The molecule has 90 valence electrons. The predicted octanol–water partition coefficient (Wildman–Crippen LogP) is 1.28. The van der Waals surface area contributed by atoms with E-state index in [1.54, 1.807) is 20.1 Å². The van der Waals surface area contributed by atoms with Crippen LogP contribution in [0.25, 0.3) is 0 Å². The van der Waals surface area contributed by atoms with Crippen molar-refractivity contribution in [3.05, 3.63) is 29.8 Å². The van der Waals surface area contributed by atoms with E-state index in [2.05, 4.69) is 5.32 Å². The van der Waals surface area contributed by atoms with Crippen molar-refractivity contribution in [2.45, 2.75) is 30.9 Å². The lowest BCUT2D eigenvalue weighted by Crippen LogP contribution is -2.34. The van der Waals surface area contributed by atoms with Crippen LogP contribution in [0.1, 0.15) is 19.4 Å². The van der Waals surface area contributed by atoms with Crippen LogP contribution in [0.4, 0.5) is 0 Å². The van der Waals surface area contributed by atoms with Gasteiger partial charge in [0, 0.05) is 35.0 Å². The molecule has 0 heterocycles. The van der Waals surface area contributed by atoms with E-state index in [0.717, 1.165) is 10.5 Å². The third-order valence-corrected chi connectivity index (χ3v) is 3.08. The standard InChI is InChI=1S/C12H19NO2S/c1-12(2,14)9-13-8-10-4-6-11(7-5-10)16(3)15/h4-7,13-14H,8-9H2,1-3H3. The van der Waals surface area contributed by atoms with Crippen LogP contribution in [0.3, 0.4) is 0 Å². The third-order valence-electron chi connectivity index (χ3n) is 2.14. The highest BCUT2D eigenvalue weighted by molar-refractivity contribution is 7.84. The zero-order valence-electron chi connectivity index (χ0n) is 9.99. The maximum Gasteiger partial charge on any atom is 0.0715 e. The Morgan fingerprint density at radius 1 is 1.31 bits per heavy atom. The first kappa shape index (κ1) is 13.4. The Hall–Kier alpha value is -0.710. The van der Waals surface area contributed by atoms with Crippen LogP contribution in [0, 0.1) is 0 Å². The Bertz CT molecular complexity index is 354. The zero-order chi connectivity index (χ0) is 12.2. The van der Waals surface area contributed by atoms with Crippen LogP contribution < -0.4 is 5.32 Å². The molecule has 0 bridgehead atoms. The highest BCUT2D eigenvalue weighted by Crippen LogP contribution is 2.07. The molecule has 0 saturated heterocycles. The summed E-state index contributed by atoms with van der Waals surface area (Å²) in [6.45, 7) is 4.79. The molecule has 4 heteroatoms.